The van der Waals surface area contributed by atoms with Gasteiger partial charge in [-0.3, -0.25) is 4.79 Å². The first-order valence-corrected chi connectivity index (χ1v) is 4.98. The normalized spacial score (nSPS) is 19.2. The van der Waals surface area contributed by atoms with Crippen molar-refractivity contribution in [2.75, 3.05) is 11.4 Å². The third-order valence-corrected chi connectivity index (χ3v) is 2.67. The number of amides is 1. The summed E-state index contributed by atoms with van der Waals surface area (Å²) in [6, 6.07) is 1.83. The Labute approximate surface area is 99.2 Å². The topological polar surface area (TPSA) is 44.1 Å². The second kappa shape index (κ2) is 4.29. The molecule has 0 radical (unpaired) electrons. The maximum Gasteiger partial charge on any atom is 0.228 e. The number of carbonyl (C=O) groups is 1. The zero-order valence-electron chi connectivity index (χ0n) is 8.88. The highest BCUT2D eigenvalue weighted by molar-refractivity contribution is 5.96. The van der Waals surface area contributed by atoms with Gasteiger partial charge in [-0.25, -0.2) is 17.6 Å². The molecule has 0 saturated carbocycles. The molecule has 7 heteroatoms. The Morgan fingerprint density at radius 2 is 1.78 bits per heavy atom. The number of anilines is 1. The molecule has 1 amide bonds. The van der Waals surface area contributed by atoms with Crippen molar-refractivity contribution in [3.63, 3.8) is 0 Å². The number of rotatable bonds is 1. The van der Waals surface area contributed by atoms with Gasteiger partial charge in [-0.15, -0.1) is 0 Å². The van der Waals surface area contributed by atoms with E-state index in [1.165, 1.54) is 0 Å². The van der Waals surface area contributed by atoms with E-state index in [0.29, 0.717) is 4.90 Å². The zero-order chi connectivity index (χ0) is 13.4. The van der Waals surface area contributed by atoms with Crippen molar-refractivity contribution in [1.29, 1.82) is 5.26 Å². The number of carbonyl (C=O) groups excluding carboxylic acids is 1. The fraction of sp³-hybridized carbons (Fsp3) is 0.273. The number of hydrogen-bond acceptors (Lipinski definition) is 2. The summed E-state index contributed by atoms with van der Waals surface area (Å²) in [4.78, 5) is 12.0. The Bertz CT molecular complexity index is 541. The van der Waals surface area contributed by atoms with Crippen LogP contribution in [0.1, 0.15) is 6.42 Å². The predicted octanol–water partition coefficient (Wildman–Crippen LogP) is 2.12. The lowest BCUT2D eigenvalue weighted by molar-refractivity contribution is -0.117. The first-order chi connectivity index (χ1) is 8.45. The van der Waals surface area contributed by atoms with Crippen LogP contribution in [0.15, 0.2) is 6.07 Å². The minimum absolute atomic E-state index is 0.0660. The average molecular weight is 258 g/mol. The summed E-state index contributed by atoms with van der Waals surface area (Å²) in [5.41, 5.74) is -1.07. The molecule has 94 valence electrons. The van der Waals surface area contributed by atoms with E-state index in [-0.39, 0.29) is 19.0 Å². The molecule has 1 aliphatic rings. The van der Waals surface area contributed by atoms with E-state index >= 15 is 0 Å². The van der Waals surface area contributed by atoms with Crippen LogP contribution < -0.4 is 4.90 Å². The molecular formula is C11H6F4N2O. The molecule has 1 aromatic carbocycles. The smallest absolute Gasteiger partial charge is 0.228 e. The fourth-order valence-corrected chi connectivity index (χ4v) is 1.81. The molecule has 1 fully saturated rings. The minimum atomic E-state index is -1.64. The molecule has 0 aliphatic carbocycles. The first-order valence-electron chi connectivity index (χ1n) is 4.98. The van der Waals surface area contributed by atoms with E-state index in [1.807, 2.05) is 0 Å². The fourth-order valence-electron chi connectivity index (χ4n) is 1.81. The van der Waals surface area contributed by atoms with Crippen molar-refractivity contribution in [1.82, 2.24) is 0 Å². The second-order valence-corrected chi connectivity index (χ2v) is 3.85. The standard InChI is InChI=1S/C11H6F4N2O/c12-6-2-7(13)10(15)11(9(6)14)17-4-5(3-16)1-8(17)18/h2,5H,1,4H2. The van der Waals surface area contributed by atoms with Gasteiger partial charge in [0.2, 0.25) is 5.91 Å². The van der Waals surface area contributed by atoms with Crippen LogP contribution in [0.5, 0.6) is 0 Å². The summed E-state index contributed by atoms with van der Waals surface area (Å²) in [7, 11) is 0. The highest BCUT2D eigenvalue weighted by atomic mass is 19.2. The van der Waals surface area contributed by atoms with E-state index < -0.39 is 40.8 Å². The molecule has 1 saturated heterocycles. The quantitative estimate of drug-likeness (QED) is 0.572. The lowest BCUT2D eigenvalue weighted by atomic mass is 10.1. The Hall–Kier alpha value is -2.10. The number of halogens is 4. The molecule has 0 N–H and O–H groups in total. The molecule has 1 heterocycles. The van der Waals surface area contributed by atoms with Crippen LogP contribution in [-0.4, -0.2) is 12.5 Å². The van der Waals surface area contributed by atoms with Gasteiger partial charge < -0.3 is 4.90 Å². The average Bonchev–Trinajstić information content (AvgIpc) is 2.69. The minimum Gasteiger partial charge on any atom is -0.306 e. The van der Waals surface area contributed by atoms with E-state index in [4.69, 9.17) is 5.26 Å². The molecule has 0 bridgehead atoms. The summed E-state index contributed by atoms with van der Waals surface area (Å²) in [6.45, 7) is -0.286. The van der Waals surface area contributed by atoms with Crippen LogP contribution in [0.25, 0.3) is 0 Å². The Kier molecular flexibility index (Phi) is 2.95. The molecule has 0 aromatic heterocycles. The summed E-state index contributed by atoms with van der Waals surface area (Å²) in [5.74, 6) is -7.94. The van der Waals surface area contributed by atoms with Gasteiger partial charge >= 0.3 is 0 Å². The molecule has 3 nitrogen and oxygen atoms in total. The Balaban J connectivity index is 2.53. The lowest BCUT2D eigenvalue weighted by Crippen LogP contribution is -2.27. The van der Waals surface area contributed by atoms with Crippen LogP contribution >= 0.6 is 0 Å². The Morgan fingerprint density at radius 3 is 2.22 bits per heavy atom. The molecule has 18 heavy (non-hydrogen) atoms. The summed E-state index contributed by atoms with van der Waals surface area (Å²) in [6.07, 6.45) is -0.229. The largest absolute Gasteiger partial charge is 0.306 e. The molecule has 1 unspecified atom stereocenters. The van der Waals surface area contributed by atoms with E-state index in [9.17, 15) is 22.4 Å². The maximum atomic E-state index is 13.4. The molecule has 1 aliphatic heterocycles. The number of benzene rings is 1. The maximum absolute atomic E-state index is 13.4. The van der Waals surface area contributed by atoms with Gasteiger partial charge in [-0.1, -0.05) is 0 Å². The van der Waals surface area contributed by atoms with Crippen molar-refractivity contribution in [2.45, 2.75) is 6.42 Å². The molecular weight excluding hydrogens is 252 g/mol. The number of nitriles is 1. The Morgan fingerprint density at radius 1 is 1.22 bits per heavy atom. The third kappa shape index (κ3) is 1.79. The van der Waals surface area contributed by atoms with E-state index in [0.717, 1.165) is 0 Å². The number of nitrogens with zero attached hydrogens (tertiary/aromatic N) is 2. The van der Waals surface area contributed by atoms with Gasteiger partial charge in [0.15, 0.2) is 23.3 Å². The molecule has 1 aromatic rings. The van der Waals surface area contributed by atoms with Gasteiger partial charge in [-0.05, 0) is 0 Å². The summed E-state index contributed by atoms with van der Waals surface area (Å²) < 4.78 is 52.9. The van der Waals surface area contributed by atoms with Gasteiger partial charge in [0, 0.05) is 19.0 Å². The van der Waals surface area contributed by atoms with Crippen molar-refractivity contribution < 1.29 is 22.4 Å². The summed E-state index contributed by atoms with van der Waals surface area (Å²) in [5, 5.41) is 8.63. The monoisotopic (exact) mass is 258 g/mol. The van der Waals surface area contributed by atoms with E-state index in [2.05, 4.69) is 0 Å². The van der Waals surface area contributed by atoms with Crippen molar-refractivity contribution >= 4 is 11.6 Å². The number of hydrogen-bond donors (Lipinski definition) is 0. The lowest BCUT2D eigenvalue weighted by Gasteiger charge is -2.17. The van der Waals surface area contributed by atoms with E-state index in [1.54, 1.807) is 6.07 Å². The van der Waals surface area contributed by atoms with Crippen LogP contribution in [0.2, 0.25) is 0 Å². The van der Waals surface area contributed by atoms with Crippen LogP contribution in [0, 0.1) is 40.5 Å². The van der Waals surface area contributed by atoms with Crippen LogP contribution in [-0.2, 0) is 4.79 Å². The van der Waals surface area contributed by atoms with Crippen molar-refractivity contribution in [3.8, 4) is 6.07 Å². The summed E-state index contributed by atoms with van der Waals surface area (Å²) >= 11 is 0. The second-order valence-electron chi connectivity index (χ2n) is 3.85. The SMILES string of the molecule is N#CC1CC(=O)N(c2c(F)c(F)cc(F)c2F)C1. The highest BCUT2D eigenvalue weighted by Crippen LogP contribution is 2.32. The predicted molar refractivity (Wildman–Crippen MR) is 52.3 cm³/mol. The van der Waals surface area contributed by atoms with Gasteiger partial charge in [-0.2, -0.15) is 5.26 Å². The van der Waals surface area contributed by atoms with Crippen LogP contribution in [0.4, 0.5) is 23.2 Å². The zero-order valence-corrected chi connectivity index (χ0v) is 8.88. The van der Waals surface area contributed by atoms with Crippen molar-refractivity contribution in [2.24, 2.45) is 5.92 Å². The molecule has 2 rings (SSSR count). The highest BCUT2D eigenvalue weighted by Gasteiger charge is 2.35. The molecule has 0 spiro atoms. The first kappa shape index (κ1) is 12.4. The van der Waals surface area contributed by atoms with Crippen molar-refractivity contribution in [3.05, 3.63) is 29.3 Å². The molecule has 1 atom stereocenters. The van der Waals surface area contributed by atoms with Gasteiger partial charge in [0.05, 0.1) is 12.0 Å². The van der Waals surface area contributed by atoms with Crippen LogP contribution in [0.3, 0.4) is 0 Å². The van der Waals surface area contributed by atoms with Gasteiger partial charge in [0.1, 0.15) is 5.69 Å². The van der Waals surface area contributed by atoms with Gasteiger partial charge in [0.25, 0.3) is 0 Å². The third-order valence-electron chi connectivity index (χ3n) is 2.67.